The van der Waals surface area contributed by atoms with Crippen molar-refractivity contribution in [2.24, 2.45) is 0 Å². The van der Waals surface area contributed by atoms with Crippen LogP contribution in [0.1, 0.15) is 5.69 Å². The molecule has 8 heteroatoms. The van der Waals surface area contributed by atoms with Crippen molar-refractivity contribution in [1.29, 1.82) is 0 Å². The topological polar surface area (TPSA) is 94.0 Å². The van der Waals surface area contributed by atoms with Crippen LogP contribution in [0.3, 0.4) is 0 Å². The van der Waals surface area contributed by atoms with Crippen LogP contribution in [0.15, 0.2) is 55.0 Å². The average Bonchev–Trinajstić information content (AvgIpc) is 3.10. The lowest BCUT2D eigenvalue weighted by atomic mass is 10.3. The summed E-state index contributed by atoms with van der Waals surface area (Å²) in [7, 11) is 1.57. The predicted molar refractivity (Wildman–Crippen MR) is 88.0 cm³/mol. The van der Waals surface area contributed by atoms with Gasteiger partial charge in [0.25, 0.3) is 0 Å². The third-order valence-corrected chi connectivity index (χ3v) is 3.21. The zero-order valence-electron chi connectivity index (χ0n) is 13.0. The second kappa shape index (κ2) is 7.23. The summed E-state index contributed by atoms with van der Waals surface area (Å²) in [6, 6.07) is 10.5. The first-order valence-corrected chi connectivity index (χ1v) is 7.25. The lowest BCUT2D eigenvalue weighted by Crippen LogP contribution is -2.28. The third-order valence-electron chi connectivity index (χ3n) is 3.21. The van der Waals surface area contributed by atoms with Gasteiger partial charge in [0.1, 0.15) is 11.4 Å². The number of carbonyl (C=O) groups is 1. The van der Waals surface area contributed by atoms with E-state index >= 15 is 0 Å². The molecule has 2 amide bonds. The van der Waals surface area contributed by atoms with Crippen molar-refractivity contribution in [1.82, 2.24) is 25.3 Å². The fraction of sp³-hybridized carbons (Fsp3) is 0.125. The monoisotopic (exact) mass is 324 g/mol. The fourth-order valence-corrected chi connectivity index (χ4v) is 2.04. The number of hydrogen-bond donors (Lipinski definition) is 2. The molecule has 0 aliphatic rings. The van der Waals surface area contributed by atoms with E-state index in [2.05, 4.69) is 25.9 Å². The largest absolute Gasteiger partial charge is 0.497 e. The minimum Gasteiger partial charge on any atom is -0.497 e. The van der Waals surface area contributed by atoms with Crippen molar-refractivity contribution < 1.29 is 9.53 Å². The number of anilines is 1. The van der Waals surface area contributed by atoms with Gasteiger partial charge in [0, 0.05) is 18.0 Å². The Hall–Kier alpha value is -3.42. The SMILES string of the molecule is COc1cccc(NC(=O)NCc2cn(-c3cccnc3)nn2)c1. The Morgan fingerprint density at radius 2 is 2.21 bits per heavy atom. The molecule has 3 aromatic rings. The first kappa shape index (κ1) is 15.5. The van der Waals surface area contributed by atoms with Crippen molar-refractivity contribution in [3.8, 4) is 11.4 Å². The number of carbonyl (C=O) groups excluding carboxylic acids is 1. The number of benzene rings is 1. The average molecular weight is 324 g/mol. The van der Waals surface area contributed by atoms with Gasteiger partial charge in [-0.15, -0.1) is 5.10 Å². The molecule has 24 heavy (non-hydrogen) atoms. The smallest absolute Gasteiger partial charge is 0.319 e. The first-order chi connectivity index (χ1) is 11.7. The van der Waals surface area contributed by atoms with Crippen molar-refractivity contribution in [2.75, 3.05) is 12.4 Å². The van der Waals surface area contributed by atoms with E-state index in [0.29, 0.717) is 17.1 Å². The molecule has 2 N–H and O–H groups in total. The van der Waals surface area contributed by atoms with E-state index in [-0.39, 0.29) is 12.6 Å². The molecule has 122 valence electrons. The van der Waals surface area contributed by atoms with Crippen LogP contribution in [0.25, 0.3) is 5.69 Å². The number of nitrogens with zero attached hydrogens (tertiary/aromatic N) is 4. The molecule has 2 aromatic heterocycles. The fourth-order valence-electron chi connectivity index (χ4n) is 2.04. The van der Waals surface area contributed by atoms with Crippen LogP contribution in [-0.4, -0.2) is 33.1 Å². The van der Waals surface area contributed by atoms with Crippen molar-refractivity contribution in [3.63, 3.8) is 0 Å². The minimum absolute atomic E-state index is 0.260. The molecule has 0 unspecified atom stereocenters. The van der Waals surface area contributed by atoms with Gasteiger partial charge < -0.3 is 15.4 Å². The lowest BCUT2D eigenvalue weighted by Gasteiger charge is -2.07. The molecule has 0 spiro atoms. The molecule has 0 fully saturated rings. The van der Waals surface area contributed by atoms with Crippen LogP contribution >= 0.6 is 0 Å². The van der Waals surface area contributed by atoms with Crippen LogP contribution in [-0.2, 0) is 6.54 Å². The van der Waals surface area contributed by atoms with Crippen LogP contribution < -0.4 is 15.4 Å². The number of urea groups is 1. The summed E-state index contributed by atoms with van der Waals surface area (Å²) in [6.07, 6.45) is 5.11. The summed E-state index contributed by atoms with van der Waals surface area (Å²) in [4.78, 5) is 16.0. The zero-order chi connectivity index (χ0) is 16.8. The molecule has 0 aliphatic carbocycles. The van der Waals surface area contributed by atoms with Gasteiger partial charge in [-0.05, 0) is 24.3 Å². The third kappa shape index (κ3) is 3.86. The number of nitrogens with one attached hydrogen (secondary N) is 2. The van der Waals surface area contributed by atoms with Crippen LogP contribution in [0.5, 0.6) is 5.75 Å². The molecule has 0 radical (unpaired) electrons. The second-order valence-corrected chi connectivity index (χ2v) is 4.91. The summed E-state index contributed by atoms with van der Waals surface area (Å²) in [5, 5.41) is 13.5. The number of amides is 2. The number of methoxy groups -OCH3 is 1. The highest BCUT2D eigenvalue weighted by molar-refractivity contribution is 5.89. The maximum absolute atomic E-state index is 11.9. The lowest BCUT2D eigenvalue weighted by molar-refractivity contribution is 0.251. The molecular formula is C16H16N6O2. The maximum atomic E-state index is 11.9. The van der Waals surface area contributed by atoms with Crippen LogP contribution in [0, 0.1) is 0 Å². The highest BCUT2D eigenvalue weighted by Gasteiger charge is 2.06. The van der Waals surface area contributed by atoms with E-state index in [1.807, 2.05) is 12.1 Å². The molecule has 2 heterocycles. The van der Waals surface area contributed by atoms with Gasteiger partial charge in [-0.1, -0.05) is 11.3 Å². The van der Waals surface area contributed by atoms with E-state index in [0.717, 1.165) is 5.69 Å². The quantitative estimate of drug-likeness (QED) is 0.748. The Labute approximate surface area is 138 Å². The zero-order valence-corrected chi connectivity index (χ0v) is 13.0. The Morgan fingerprint density at radius 1 is 1.29 bits per heavy atom. The maximum Gasteiger partial charge on any atom is 0.319 e. The van der Waals surface area contributed by atoms with E-state index in [1.54, 1.807) is 54.6 Å². The van der Waals surface area contributed by atoms with Gasteiger partial charge in [0.2, 0.25) is 0 Å². The predicted octanol–water partition coefficient (Wildman–Crippen LogP) is 1.99. The van der Waals surface area contributed by atoms with E-state index in [9.17, 15) is 4.79 Å². The molecule has 0 aliphatic heterocycles. The van der Waals surface area contributed by atoms with E-state index in [4.69, 9.17) is 4.74 Å². The number of hydrogen-bond acceptors (Lipinski definition) is 5. The summed E-state index contributed by atoms with van der Waals surface area (Å²) in [6.45, 7) is 0.260. The van der Waals surface area contributed by atoms with Crippen LogP contribution in [0.4, 0.5) is 10.5 Å². The molecule has 8 nitrogen and oxygen atoms in total. The number of ether oxygens (including phenoxy) is 1. The van der Waals surface area contributed by atoms with Gasteiger partial charge in [0.15, 0.2) is 0 Å². The highest BCUT2D eigenvalue weighted by Crippen LogP contribution is 2.16. The summed E-state index contributed by atoms with van der Waals surface area (Å²) in [5.41, 5.74) is 2.09. The summed E-state index contributed by atoms with van der Waals surface area (Å²) >= 11 is 0. The normalized spacial score (nSPS) is 10.2. The molecule has 3 rings (SSSR count). The van der Waals surface area contributed by atoms with Crippen molar-refractivity contribution in [2.45, 2.75) is 6.54 Å². The summed E-state index contributed by atoms with van der Waals surface area (Å²) < 4.78 is 6.71. The van der Waals surface area contributed by atoms with Gasteiger partial charge in [0.05, 0.1) is 31.7 Å². The Kier molecular flexibility index (Phi) is 4.66. The van der Waals surface area contributed by atoms with Gasteiger partial charge >= 0.3 is 6.03 Å². The Bertz CT molecular complexity index is 818. The molecule has 1 aromatic carbocycles. The molecule has 0 atom stereocenters. The second-order valence-electron chi connectivity index (χ2n) is 4.91. The van der Waals surface area contributed by atoms with Gasteiger partial charge in [-0.25, -0.2) is 9.48 Å². The minimum atomic E-state index is -0.334. The standard InChI is InChI=1S/C16H16N6O2/c1-24-15-6-2-4-12(8-15)19-16(23)18-9-13-11-22(21-20-13)14-5-3-7-17-10-14/h2-8,10-11H,9H2,1H3,(H2,18,19,23). The Balaban J connectivity index is 1.56. The molecule has 0 saturated carbocycles. The summed E-state index contributed by atoms with van der Waals surface area (Å²) in [5.74, 6) is 0.673. The van der Waals surface area contributed by atoms with E-state index < -0.39 is 0 Å². The number of pyridine rings is 1. The van der Waals surface area contributed by atoms with Crippen molar-refractivity contribution >= 4 is 11.7 Å². The number of aromatic nitrogens is 4. The highest BCUT2D eigenvalue weighted by atomic mass is 16.5. The molecule has 0 bridgehead atoms. The Morgan fingerprint density at radius 3 is 3.00 bits per heavy atom. The first-order valence-electron chi connectivity index (χ1n) is 7.25. The van der Waals surface area contributed by atoms with Gasteiger partial charge in [-0.3, -0.25) is 4.98 Å². The molecule has 0 saturated heterocycles. The molecular weight excluding hydrogens is 308 g/mol. The van der Waals surface area contributed by atoms with Crippen molar-refractivity contribution in [3.05, 3.63) is 60.7 Å². The number of rotatable bonds is 5. The van der Waals surface area contributed by atoms with E-state index in [1.165, 1.54) is 0 Å². The van der Waals surface area contributed by atoms with Crippen LogP contribution in [0.2, 0.25) is 0 Å². The van der Waals surface area contributed by atoms with Gasteiger partial charge in [-0.2, -0.15) is 0 Å².